The molecule has 1 aliphatic carbocycles. The third kappa shape index (κ3) is 5.19. The standard InChI is InChI=1S/C23H28FN5O2/c1-16-21(17(2)29(26-16)20-7-3-18(24)4-8-20)9-10-23(31)28-13-11-27(12-14-28)15-22(30)25-19-5-6-19/h3-4,7-10,19H,5-6,11-15H2,1-2H3,(H,25,30)/b10-9+. The minimum atomic E-state index is -0.292. The highest BCUT2D eigenvalue weighted by molar-refractivity contribution is 5.92. The molecule has 1 aromatic heterocycles. The van der Waals surface area contributed by atoms with Crippen LogP contribution in [-0.2, 0) is 9.59 Å². The van der Waals surface area contributed by atoms with Gasteiger partial charge in [-0.2, -0.15) is 5.10 Å². The van der Waals surface area contributed by atoms with Crippen molar-refractivity contribution in [3.63, 3.8) is 0 Å². The summed E-state index contributed by atoms with van der Waals surface area (Å²) >= 11 is 0. The lowest BCUT2D eigenvalue weighted by Crippen LogP contribution is -2.51. The quantitative estimate of drug-likeness (QED) is 0.720. The average Bonchev–Trinajstić information content (AvgIpc) is 3.51. The molecule has 7 nitrogen and oxygen atoms in total. The highest BCUT2D eigenvalue weighted by Gasteiger charge is 2.26. The molecule has 4 rings (SSSR count). The van der Waals surface area contributed by atoms with Crippen LogP contribution in [0.25, 0.3) is 11.8 Å². The summed E-state index contributed by atoms with van der Waals surface area (Å²) in [6.07, 6.45) is 5.56. The first-order valence-electron chi connectivity index (χ1n) is 10.7. The molecule has 1 saturated heterocycles. The summed E-state index contributed by atoms with van der Waals surface area (Å²) in [5.41, 5.74) is 3.35. The molecule has 1 saturated carbocycles. The topological polar surface area (TPSA) is 70.5 Å². The summed E-state index contributed by atoms with van der Waals surface area (Å²) in [4.78, 5) is 28.5. The van der Waals surface area contributed by atoms with E-state index < -0.39 is 0 Å². The Morgan fingerprint density at radius 3 is 2.45 bits per heavy atom. The van der Waals surface area contributed by atoms with Crippen molar-refractivity contribution in [3.8, 4) is 5.69 Å². The second-order valence-electron chi connectivity index (χ2n) is 8.25. The fraction of sp³-hybridized carbons (Fsp3) is 0.435. The first kappa shape index (κ1) is 21.2. The van der Waals surface area contributed by atoms with Crippen LogP contribution in [0.2, 0.25) is 0 Å². The lowest BCUT2D eigenvalue weighted by molar-refractivity contribution is -0.128. The van der Waals surface area contributed by atoms with Gasteiger partial charge in [-0.25, -0.2) is 9.07 Å². The van der Waals surface area contributed by atoms with Crippen LogP contribution in [0.15, 0.2) is 30.3 Å². The van der Waals surface area contributed by atoms with Crippen LogP contribution >= 0.6 is 0 Å². The number of rotatable bonds is 6. The summed E-state index contributed by atoms with van der Waals surface area (Å²) < 4.78 is 15.0. The molecule has 2 fully saturated rings. The number of aryl methyl sites for hydroxylation is 1. The molecule has 0 atom stereocenters. The predicted molar refractivity (Wildman–Crippen MR) is 116 cm³/mol. The zero-order valence-corrected chi connectivity index (χ0v) is 18.0. The second kappa shape index (κ2) is 9.01. The van der Waals surface area contributed by atoms with E-state index in [2.05, 4.69) is 15.3 Å². The van der Waals surface area contributed by atoms with Gasteiger partial charge in [-0.05, 0) is 57.0 Å². The first-order chi connectivity index (χ1) is 14.9. The van der Waals surface area contributed by atoms with Crippen molar-refractivity contribution in [3.05, 3.63) is 53.1 Å². The van der Waals surface area contributed by atoms with Crippen LogP contribution in [0.3, 0.4) is 0 Å². The number of amides is 2. The van der Waals surface area contributed by atoms with Crippen LogP contribution in [0.5, 0.6) is 0 Å². The number of carbonyl (C=O) groups is 2. The number of hydrogen-bond donors (Lipinski definition) is 1. The minimum Gasteiger partial charge on any atom is -0.352 e. The number of carbonyl (C=O) groups excluding carboxylic acids is 2. The number of nitrogens with one attached hydrogen (secondary N) is 1. The number of hydrogen-bond acceptors (Lipinski definition) is 4. The molecular formula is C23H28FN5O2. The van der Waals surface area contributed by atoms with Crippen molar-refractivity contribution in [2.75, 3.05) is 32.7 Å². The Morgan fingerprint density at radius 2 is 1.81 bits per heavy atom. The zero-order chi connectivity index (χ0) is 22.0. The predicted octanol–water partition coefficient (Wildman–Crippen LogP) is 2.06. The molecule has 2 amide bonds. The molecule has 0 spiro atoms. The van der Waals surface area contributed by atoms with Gasteiger partial charge >= 0.3 is 0 Å². The van der Waals surface area contributed by atoms with Crippen LogP contribution < -0.4 is 5.32 Å². The van der Waals surface area contributed by atoms with E-state index in [1.807, 2.05) is 13.8 Å². The molecule has 0 bridgehead atoms. The molecule has 2 aliphatic rings. The van der Waals surface area contributed by atoms with Crippen molar-refractivity contribution >= 4 is 17.9 Å². The lowest BCUT2D eigenvalue weighted by Gasteiger charge is -2.33. The maximum Gasteiger partial charge on any atom is 0.246 e. The van der Waals surface area contributed by atoms with Crippen LogP contribution in [0.4, 0.5) is 4.39 Å². The van der Waals surface area contributed by atoms with Gasteiger partial charge < -0.3 is 10.2 Å². The third-order valence-electron chi connectivity index (χ3n) is 5.80. The van der Waals surface area contributed by atoms with E-state index in [9.17, 15) is 14.0 Å². The monoisotopic (exact) mass is 425 g/mol. The van der Waals surface area contributed by atoms with Crippen molar-refractivity contribution in [1.29, 1.82) is 0 Å². The Balaban J connectivity index is 1.34. The molecule has 8 heteroatoms. The Kier molecular flexibility index (Phi) is 6.18. The highest BCUT2D eigenvalue weighted by Crippen LogP contribution is 2.20. The van der Waals surface area contributed by atoms with Gasteiger partial charge in [-0.15, -0.1) is 0 Å². The minimum absolute atomic E-state index is 0.0459. The fourth-order valence-electron chi connectivity index (χ4n) is 3.82. The Morgan fingerprint density at radius 1 is 1.13 bits per heavy atom. The van der Waals surface area contributed by atoms with Crippen molar-refractivity contribution in [2.45, 2.75) is 32.7 Å². The molecular weight excluding hydrogens is 397 g/mol. The van der Waals surface area contributed by atoms with E-state index >= 15 is 0 Å². The molecule has 2 aromatic rings. The number of piperazine rings is 1. The highest BCUT2D eigenvalue weighted by atomic mass is 19.1. The average molecular weight is 426 g/mol. The van der Waals surface area contributed by atoms with Gasteiger partial charge in [0.2, 0.25) is 11.8 Å². The summed E-state index contributed by atoms with van der Waals surface area (Å²) in [6.45, 7) is 6.81. The zero-order valence-electron chi connectivity index (χ0n) is 18.0. The van der Waals surface area contributed by atoms with Crippen molar-refractivity contribution in [1.82, 2.24) is 24.9 Å². The second-order valence-corrected chi connectivity index (χ2v) is 8.25. The van der Waals surface area contributed by atoms with Gasteiger partial charge in [0.05, 0.1) is 17.9 Å². The normalized spacial score (nSPS) is 17.3. The number of nitrogens with zero attached hydrogens (tertiary/aromatic N) is 4. The third-order valence-corrected chi connectivity index (χ3v) is 5.80. The molecule has 1 aliphatic heterocycles. The van der Waals surface area contributed by atoms with Gasteiger partial charge in [-0.1, -0.05) is 0 Å². The lowest BCUT2D eigenvalue weighted by atomic mass is 10.1. The van der Waals surface area contributed by atoms with Crippen molar-refractivity contribution in [2.24, 2.45) is 0 Å². The van der Waals surface area contributed by atoms with E-state index in [0.29, 0.717) is 38.8 Å². The summed E-state index contributed by atoms with van der Waals surface area (Å²) in [6, 6.07) is 6.54. The SMILES string of the molecule is Cc1nn(-c2ccc(F)cc2)c(C)c1/C=C/C(=O)N1CCN(CC(=O)NC2CC2)CC1. The number of halogens is 1. The van der Waals surface area contributed by atoms with Crippen LogP contribution in [0.1, 0.15) is 29.8 Å². The number of benzene rings is 1. The molecule has 0 radical (unpaired) electrons. The Hall–Kier alpha value is -3.00. The Labute approximate surface area is 181 Å². The Bertz CT molecular complexity index is 986. The van der Waals surface area contributed by atoms with E-state index in [4.69, 9.17) is 0 Å². The molecule has 1 N–H and O–H groups in total. The molecule has 31 heavy (non-hydrogen) atoms. The maximum absolute atomic E-state index is 13.2. The van der Waals surface area contributed by atoms with E-state index in [0.717, 1.165) is 35.5 Å². The fourth-order valence-corrected chi connectivity index (χ4v) is 3.82. The van der Waals surface area contributed by atoms with Crippen LogP contribution in [-0.4, -0.2) is 70.2 Å². The van der Waals surface area contributed by atoms with Gasteiger partial charge in [0.25, 0.3) is 0 Å². The van der Waals surface area contributed by atoms with E-state index in [1.54, 1.807) is 33.9 Å². The smallest absolute Gasteiger partial charge is 0.246 e. The van der Waals surface area contributed by atoms with E-state index in [1.165, 1.54) is 12.1 Å². The molecule has 2 heterocycles. The summed E-state index contributed by atoms with van der Waals surface area (Å²) in [5, 5.41) is 7.54. The molecule has 164 valence electrons. The van der Waals surface area contributed by atoms with Crippen LogP contribution in [0, 0.1) is 19.7 Å². The summed E-state index contributed by atoms with van der Waals surface area (Å²) in [5.74, 6) is -0.263. The first-order valence-corrected chi connectivity index (χ1v) is 10.7. The molecule has 0 unspecified atom stereocenters. The number of aromatic nitrogens is 2. The maximum atomic E-state index is 13.2. The molecule has 1 aromatic carbocycles. The van der Waals surface area contributed by atoms with E-state index in [-0.39, 0.29) is 17.6 Å². The van der Waals surface area contributed by atoms with Gasteiger partial charge in [-0.3, -0.25) is 14.5 Å². The van der Waals surface area contributed by atoms with Gasteiger partial charge in [0, 0.05) is 49.6 Å². The largest absolute Gasteiger partial charge is 0.352 e. The summed E-state index contributed by atoms with van der Waals surface area (Å²) in [7, 11) is 0. The van der Waals surface area contributed by atoms with Gasteiger partial charge in [0.1, 0.15) is 5.82 Å². The van der Waals surface area contributed by atoms with Gasteiger partial charge in [0.15, 0.2) is 0 Å². The van der Waals surface area contributed by atoms with Crippen molar-refractivity contribution < 1.29 is 14.0 Å².